The summed E-state index contributed by atoms with van der Waals surface area (Å²) >= 11 is 5.84. The van der Waals surface area contributed by atoms with Crippen LogP contribution in [0.25, 0.3) is 11.4 Å². The molecule has 2 rings (SSSR count). The summed E-state index contributed by atoms with van der Waals surface area (Å²) < 4.78 is 5.19. The number of halogens is 2. The molecular weight excluding hydrogens is 339 g/mol. The quantitative estimate of drug-likeness (QED) is 0.793. The molecule has 6 nitrogen and oxygen atoms in total. The van der Waals surface area contributed by atoms with Crippen molar-refractivity contribution in [3.63, 3.8) is 0 Å². The molecule has 1 aromatic heterocycles. The number of benzene rings is 1. The summed E-state index contributed by atoms with van der Waals surface area (Å²) in [4.78, 5) is 15.9. The van der Waals surface area contributed by atoms with Crippen LogP contribution in [0, 0.1) is 0 Å². The van der Waals surface area contributed by atoms with Gasteiger partial charge in [-0.15, -0.1) is 12.4 Å². The molecule has 0 bridgehead atoms. The minimum atomic E-state index is -0.0182. The van der Waals surface area contributed by atoms with E-state index in [2.05, 4.69) is 15.5 Å². The second-order valence-corrected chi connectivity index (χ2v) is 5.51. The summed E-state index contributed by atoms with van der Waals surface area (Å²) in [6, 6.07) is 7.20. The van der Waals surface area contributed by atoms with Gasteiger partial charge in [-0.3, -0.25) is 4.79 Å². The van der Waals surface area contributed by atoms with Gasteiger partial charge >= 0.3 is 0 Å². The number of aryl methyl sites for hydroxylation is 1. The molecule has 23 heavy (non-hydrogen) atoms. The minimum Gasteiger partial charge on any atom is -0.352 e. The summed E-state index contributed by atoms with van der Waals surface area (Å²) in [5.41, 5.74) is 6.29. The number of carbonyl (C=O) groups is 1. The fourth-order valence-corrected chi connectivity index (χ4v) is 2.00. The molecule has 0 spiro atoms. The van der Waals surface area contributed by atoms with Crippen molar-refractivity contribution in [3.8, 4) is 11.4 Å². The topological polar surface area (TPSA) is 94.0 Å². The average Bonchev–Trinajstić information content (AvgIpc) is 2.96. The van der Waals surface area contributed by atoms with Crippen molar-refractivity contribution in [2.24, 2.45) is 5.73 Å². The monoisotopic (exact) mass is 358 g/mol. The maximum absolute atomic E-state index is 11.6. The Morgan fingerprint density at radius 3 is 2.74 bits per heavy atom. The normalized spacial score (nSPS) is 11.6. The van der Waals surface area contributed by atoms with Crippen molar-refractivity contribution in [2.75, 3.05) is 6.54 Å². The van der Waals surface area contributed by atoms with Crippen LogP contribution < -0.4 is 11.1 Å². The van der Waals surface area contributed by atoms with E-state index in [9.17, 15) is 4.79 Å². The number of carbonyl (C=O) groups excluding carboxylic acids is 1. The Morgan fingerprint density at radius 2 is 2.09 bits per heavy atom. The van der Waals surface area contributed by atoms with E-state index < -0.39 is 0 Å². The van der Waals surface area contributed by atoms with E-state index in [4.69, 9.17) is 21.9 Å². The van der Waals surface area contributed by atoms with Crippen LogP contribution in [-0.2, 0) is 11.2 Å². The van der Waals surface area contributed by atoms with Gasteiger partial charge in [0.2, 0.25) is 17.6 Å². The molecule has 1 amide bonds. The van der Waals surface area contributed by atoms with E-state index in [0.29, 0.717) is 42.5 Å². The molecule has 0 aliphatic carbocycles. The smallest absolute Gasteiger partial charge is 0.226 e. The number of hydrogen-bond acceptors (Lipinski definition) is 5. The Hall–Kier alpha value is -1.63. The third-order valence-electron chi connectivity index (χ3n) is 3.13. The first-order chi connectivity index (χ1) is 10.6. The maximum Gasteiger partial charge on any atom is 0.226 e. The van der Waals surface area contributed by atoms with Crippen LogP contribution in [0.4, 0.5) is 0 Å². The number of rotatable bonds is 7. The lowest BCUT2D eigenvalue weighted by Gasteiger charge is -2.10. The number of hydrogen-bond donors (Lipinski definition) is 2. The molecule has 1 heterocycles. The number of amides is 1. The molecule has 0 aliphatic rings. The number of aromatic nitrogens is 2. The van der Waals surface area contributed by atoms with E-state index >= 15 is 0 Å². The van der Waals surface area contributed by atoms with Crippen molar-refractivity contribution >= 4 is 29.9 Å². The Morgan fingerprint density at radius 1 is 1.39 bits per heavy atom. The van der Waals surface area contributed by atoms with Crippen LogP contribution in [0.2, 0.25) is 5.02 Å². The molecule has 1 aromatic carbocycles. The predicted molar refractivity (Wildman–Crippen MR) is 91.6 cm³/mol. The molecule has 8 heteroatoms. The molecule has 0 unspecified atom stereocenters. The van der Waals surface area contributed by atoms with E-state index in [0.717, 1.165) is 5.56 Å². The van der Waals surface area contributed by atoms with Crippen LogP contribution >= 0.6 is 24.0 Å². The molecule has 126 valence electrons. The van der Waals surface area contributed by atoms with E-state index in [1.807, 2.05) is 19.1 Å². The van der Waals surface area contributed by atoms with Gasteiger partial charge in [-0.25, -0.2) is 0 Å². The molecule has 2 aromatic rings. The fourth-order valence-electron chi connectivity index (χ4n) is 1.88. The third-order valence-corrected chi connectivity index (χ3v) is 3.38. The number of nitrogens with one attached hydrogen (secondary N) is 1. The van der Waals surface area contributed by atoms with Gasteiger partial charge in [0.05, 0.1) is 0 Å². The molecule has 0 fully saturated rings. The lowest BCUT2D eigenvalue weighted by molar-refractivity contribution is -0.121. The highest BCUT2D eigenvalue weighted by Crippen LogP contribution is 2.19. The van der Waals surface area contributed by atoms with Crippen molar-refractivity contribution in [1.82, 2.24) is 15.5 Å². The molecule has 3 N–H and O–H groups in total. The van der Waals surface area contributed by atoms with Crippen LogP contribution in [0.3, 0.4) is 0 Å². The lowest BCUT2D eigenvalue weighted by atomic mass is 10.2. The van der Waals surface area contributed by atoms with Gasteiger partial charge in [0, 0.05) is 36.0 Å². The van der Waals surface area contributed by atoms with Gasteiger partial charge in [-0.1, -0.05) is 16.8 Å². The van der Waals surface area contributed by atoms with Gasteiger partial charge < -0.3 is 15.6 Å². The fraction of sp³-hybridized carbons (Fsp3) is 0.400. The molecule has 1 atom stereocenters. The maximum atomic E-state index is 11.6. The summed E-state index contributed by atoms with van der Waals surface area (Å²) in [5.74, 6) is 1.02. The SMILES string of the molecule is C[C@@H](CN)NC(=O)CCCc1nc(-c2ccc(Cl)cc2)no1.Cl. The molecule has 0 saturated carbocycles. The first-order valence-corrected chi connectivity index (χ1v) is 7.54. The Labute approximate surface area is 146 Å². The van der Waals surface area contributed by atoms with E-state index in [1.54, 1.807) is 12.1 Å². The zero-order valence-corrected chi connectivity index (χ0v) is 14.4. The van der Waals surface area contributed by atoms with Crippen LogP contribution in [0.5, 0.6) is 0 Å². The standard InChI is InChI=1S/C15H19ClN4O2.ClH/c1-10(9-17)18-13(21)3-2-4-14-19-15(20-22-14)11-5-7-12(16)8-6-11;/h5-8,10H,2-4,9,17H2,1H3,(H,18,21);1H/t10-;/m0./s1. The van der Waals surface area contributed by atoms with Crippen molar-refractivity contribution < 1.29 is 9.32 Å². The van der Waals surface area contributed by atoms with Gasteiger partial charge in [-0.05, 0) is 37.6 Å². The van der Waals surface area contributed by atoms with Gasteiger partial charge in [0.25, 0.3) is 0 Å². The van der Waals surface area contributed by atoms with Crippen LogP contribution in [-0.4, -0.2) is 28.6 Å². The van der Waals surface area contributed by atoms with Crippen molar-refractivity contribution in [2.45, 2.75) is 32.2 Å². The van der Waals surface area contributed by atoms with Gasteiger partial charge in [-0.2, -0.15) is 4.98 Å². The largest absolute Gasteiger partial charge is 0.352 e. The summed E-state index contributed by atoms with van der Waals surface area (Å²) in [6.45, 7) is 2.30. The minimum absolute atomic E-state index is 0. The van der Waals surface area contributed by atoms with Crippen molar-refractivity contribution in [1.29, 1.82) is 0 Å². The molecule has 0 radical (unpaired) electrons. The van der Waals surface area contributed by atoms with Gasteiger partial charge in [0.1, 0.15) is 0 Å². The van der Waals surface area contributed by atoms with Crippen LogP contribution in [0.15, 0.2) is 28.8 Å². The zero-order valence-electron chi connectivity index (χ0n) is 12.8. The number of nitrogens with zero attached hydrogens (tertiary/aromatic N) is 2. The Balaban J connectivity index is 0.00000264. The van der Waals surface area contributed by atoms with Crippen LogP contribution in [0.1, 0.15) is 25.7 Å². The highest BCUT2D eigenvalue weighted by Gasteiger charge is 2.10. The van der Waals surface area contributed by atoms with Gasteiger partial charge in [0.15, 0.2) is 0 Å². The molecule has 0 aliphatic heterocycles. The summed E-state index contributed by atoms with van der Waals surface area (Å²) in [5, 5.41) is 7.40. The first kappa shape index (κ1) is 19.4. The Bertz CT molecular complexity index is 616. The third kappa shape index (κ3) is 6.17. The first-order valence-electron chi connectivity index (χ1n) is 7.16. The van der Waals surface area contributed by atoms with E-state index in [1.165, 1.54) is 0 Å². The average molecular weight is 359 g/mol. The summed E-state index contributed by atoms with van der Waals surface area (Å²) in [7, 11) is 0. The van der Waals surface area contributed by atoms with Crippen molar-refractivity contribution in [3.05, 3.63) is 35.2 Å². The zero-order chi connectivity index (χ0) is 15.9. The number of nitrogens with two attached hydrogens (primary N) is 1. The predicted octanol–water partition coefficient (Wildman–Crippen LogP) is 2.60. The second kappa shape index (κ2) is 9.50. The molecule has 0 saturated heterocycles. The summed E-state index contributed by atoms with van der Waals surface area (Å²) in [6.07, 6.45) is 1.61. The van der Waals surface area contributed by atoms with E-state index in [-0.39, 0.29) is 24.4 Å². The molecular formula is C15H20Cl2N4O2. The highest BCUT2D eigenvalue weighted by molar-refractivity contribution is 6.30. The second-order valence-electron chi connectivity index (χ2n) is 5.08. The Kier molecular flexibility index (Phi) is 8.02. The highest BCUT2D eigenvalue weighted by atomic mass is 35.5. The lowest BCUT2D eigenvalue weighted by Crippen LogP contribution is -2.37.